The van der Waals surface area contributed by atoms with Gasteiger partial charge < -0.3 is 5.73 Å². The van der Waals surface area contributed by atoms with Gasteiger partial charge in [-0.2, -0.15) is 0 Å². The minimum Gasteiger partial charge on any atom is -0.401 e. The monoisotopic (exact) mass is 686 g/mol. The lowest BCUT2D eigenvalue weighted by molar-refractivity contribution is 0.273. The second kappa shape index (κ2) is 26.2. The van der Waals surface area contributed by atoms with Gasteiger partial charge in [0.2, 0.25) is 0 Å². The van der Waals surface area contributed by atoms with Gasteiger partial charge >= 0.3 is 0 Å². The van der Waals surface area contributed by atoms with E-state index in [1.807, 2.05) is 0 Å². The Kier molecular flexibility index (Phi) is 21.5. The first-order valence-corrected chi connectivity index (χ1v) is 20.7. The SMILES string of the molecule is C=CCC(CCCCCCCC)(CCCCCCCC)C(N)=C(C=C(C=CCCc1ccccc1)CCc1ccccc1)CCc1ccccc1. The molecule has 3 aromatic rings. The summed E-state index contributed by atoms with van der Waals surface area (Å²) in [4.78, 5) is 0. The van der Waals surface area contributed by atoms with E-state index in [4.69, 9.17) is 5.73 Å². The average molecular weight is 686 g/mol. The van der Waals surface area contributed by atoms with E-state index in [2.05, 4.69) is 136 Å². The molecule has 2 N–H and O–H groups in total. The molecule has 0 unspecified atom stereocenters. The third-order valence-electron chi connectivity index (χ3n) is 10.7. The van der Waals surface area contributed by atoms with Crippen LogP contribution < -0.4 is 5.73 Å². The maximum atomic E-state index is 7.62. The van der Waals surface area contributed by atoms with Crippen LogP contribution in [0.3, 0.4) is 0 Å². The van der Waals surface area contributed by atoms with E-state index >= 15 is 0 Å². The summed E-state index contributed by atoms with van der Waals surface area (Å²) in [6.07, 6.45) is 34.5. The molecule has 0 saturated carbocycles. The molecular weight excluding hydrogens is 615 g/mol. The molecule has 51 heavy (non-hydrogen) atoms. The first kappa shape index (κ1) is 41.8. The molecule has 0 bridgehead atoms. The fraction of sp³-hybridized carbons (Fsp3) is 0.480. The van der Waals surface area contributed by atoms with Gasteiger partial charge in [-0.25, -0.2) is 0 Å². The summed E-state index contributed by atoms with van der Waals surface area (Å²) in [6.45, 7) is 8.92. The van der Waals surface area contributed by atoms with Crippen LogP contribution >= 0.6 is 0 Å². The zero-order valence-electron chi connectivity index (χ0n) is 32.6. The molecule has 276 valence electrons. The van der Waals surface area contributed by atoms with Gasteiger partial charge in [0.05, 0.1) is 0 Å². The molecule has 0 atom stereocenters. The van der Waals surface area contributed by atoms with Gasteiger partial charge in [-0.05, 0) is 85.6 Å². The van der Waals surface area contributed by atoms with Crippen molar-refractivity contribution in [2.75, 3.05) is 0 Å². The lowest BCUT2D eigenvalue weighted by Crippen LogP contribution is -2.30. The van der Waals surface area contributed by atoms with Crippen LogP contribution in [0.4, 0.5) is 0 Å². The highest BCUT2D eigenvalue weighted by Crippen LogP contribution is 2.43. The molecule has 0 saturated heterocycles. The Morgan fingerprint density at radius 2 is 1.04 bits per heavy atom. The van der Waals surface area contributed by atoms with Crippen LogP contribution in [0.1, 0.15) is 146 Å². The third kappa shape index (κ3) is 17.0. The highest BCUT2D eigenvalue weighted by Gasteiger charge is 2.32. The van der Waals surface area contributed by atoms with Crippen molar-refractivity contribution in [3.05, 3.63) is 155 Å². The molecule has 0 spiro atoms. The van der Waals surface area contributed by atoms with Crippen molar-refractivity contribution in [3.63, 3.8) is 0 Å². The normalized spacial score (nSPS) is 12.7. The summed E-state index contributed by atoms with van der Waals surface area (Å²) in [5.41, 5.74) is 15.6. The van der Waals surface area contributed by atoms with Crippen molar-refractivity contribution in [3.8, 4) is 0 Å². The summed E-state index contributed by atoms with van der Waals surface area (Å²) >= 11 is 0. The van der Waals surface area contributed by atoms with Crippen molar-refractivity contribution in [1.29, 1.82) is 0 Å². The smallest absolute Gasteiger partial charge is 0.0179 e. The summed E-state index contributed by atoms with van der Waals surface area (Å²) < 4.78 is 0. The van der Waals surface area contributed by atoms with Crippen LogP contribution in [0.2, 0.25) is 0 Å². The van der Waals surface area contributed by atoms with Crippen molar-refractivity contribution in [2.24, 2.45) is 11.1 Å². The van der Waals surface area contributed by atoms with E-state index in [1.165, 1.54) is 105 Å². The highest BCUT2D eigenvalue weighted by atomic mass is 14.7. The predicted octanol–water partition coefficient (Wildman–Crippen LogP) is 14.6. The minimum atomic E-state index is -0.0403. The zero-order chi connectivity index (χ0) is 36.2. The van der Waals surface area contributed by atoms with Gasteiger partial charge in [0, 0.05) is 11.1 Å². The number of aryl methyl sites for hydroxylation is 3. The van der Waals surface area contributed by atoms with Gasteiger partial charge in [-0.3, -0.25) is 0 Å². The summed E-state index contributed by atoms with van der Waals surface area (Å²) in [6, 6.07) is 32.8. The van der Waals surface area contributed by atoms with Crippen LogP contribution in [0.25, 0.3) is 0 Å². The maximum Gasteiger partial charge on any atom is 0.0179 e. The Balaban J connectivity index is 2.01. The Bertz CT molecular complexity index is 1380. The number of rotatable bonds is 28. The first-order valence-electron chi connectivity index (χ1n) is 20.7. The van der Waals surface area contributed by atoms with Crippen LogP contribution in [-0.2, 0) is 19.3 Å². The molecule has 0 aromatic heterocycles. The van der Waals surface area contributed by atoms with Crippen LogP contribution in [0, 0.1) is 5.41 Å². The number of benzene rings is 3. The van der Waals surface area contributed by atoms with Gasteiger partial charge in [0.15, 0.2) is 0 Å². The second-order valence-electron chi connectivity index (χ2n) is 14.9. The molecule has 0 radical (unpaired) electrons. The number of allylic oxidation sites excluding steroid dienone is 7. The number of hydrogen-bond donors (Lipinski definition) is 1. The van der Waals surface area contributed by atoms with Gasteiger partial charge in [0.25, 0.3) is 0 Å². The summed E-state index contributed by atoms with van der Waals surface area (Å²) in [7, 11) is 0. The van der Waals surface area contributed by atoms with Crippen LogP contribution in [-0.4, -0.2) is 0 Å². The highest BCUT2D eigenvalue weighted by molar-refractivity contribution is 5.37. The molecule has 0 fully saturated rings. The van der Waals surface area contributed by atoms with E-state index in [9.17, 15) is 0 Å². The molecule has 3 rings (SSSR count). The van der Waals surface area contributed by atoms with Crippen molar-refractivity contribution in [1.82, 2.24) is 0 Å². The second-order valence-corrected chi connectivity index (χ2v) is 14.9. The standard InChI is InChI=1S/C50H71N/c1-4-7-9-11-13-26-41-50(40-6-3,42-27-14-12-10-8-5-2)49(51)48(39-38-46-32-22-17-23-33-46)43-47(37-36-45-30-20-16-21-31-45)35-25-24-34-44-28-18-15-19-29-44/h6,15-23,25,28-33,35,43H,3-5,7-14,24,26-27,34,36-42,51H2,1-2H3. The van der Waals surface area contributed by atoms with E-state index in [0.29, 0.717) is 0 Å². The van der Waals surface area contributed by atoms with Crippen molar-refractivity contribution in [2.45, 2.75) is 149 Å². The van der Waals surface area contributed by atoms with E-state index < -0.39 is 0 Å². The summed E-state index contributed by atoms with van der Waals surface area (Å²) in [5, 5.41) is 0. The molecule has 1 heteroatoms. The molecular formula is C50H71N. The van der Waals surface area contributed by atoms with E-state index in [-0.39, 0.29) is 5.41 Å². The quantitative estimate of drug-likeness (QED) is 0.0459. The van der Waals surface area contributed by atoms with E-state index in [0.717, 1.165) is 63.5 Å². The Morgan fingerprint density at radius 1 is 0.588 bits per heavy atom. The van der Waals surface area contributed by atoms with Crippen LogP contribution in [0.5, 0.6) is 0 Å². The Labute approximate surface area is 314 Å². The molecule has 0 heterocycles. The third-order valence-corrected chi connectivity index (χ3v) is 10.7. The maximum absolute atomic E-state index is 7.62. The first-order chi connectivity index (χ1) is 25.1. The van der Waals surface area contributed by atoms with E-state index in [1.54, 1.807) is 0 Å². The Morgan fingerprint density at radius 3 is 1.53 bits per heavy atom. The lowest BCUT2D eigenvalue weighted by Gasteiger charge is -2.36. The van der Waals surface area contributed by atoms with Gasteiger partial charge in [-0.15, -0.1) is 6.58 Å². The average Bonchev–Trinajstić information content (AvgIpc) is 3.17. The molecule has 0 aliphatic rings. The zero-order valence-corrected chi connectivity index (χ0v) is 32.6. The number of nitrogens with two attached hydrogens (primary N) is 1. The Hall–Kier alpha value is -3.58. The van der Waals surface area contributed by atoms with Crippen molar-refractivity contribution >= 4 is 0 Å². The van der Waals surface area contributed by atoms with Crippen molar-refractivity contribution < 1.29 is 0 Å². The fourth-order valence-electron chi connectivity index (χ4n) is 7.51. The topological polar surface area (TPSA) is 26.0 Å². The number of hydrogen-bond acceptors (Lipinski definition) is 1. The molecule has 1 nitrogen and oxygen atoms in total. The number of unbranched alkanes of at least 4 members (excludes halogenated alkanes) is 10. The summed E-state index contributed by atoms with van der Waals surface area (Å²) in [5.74, 6) is 0. The minimum absolute atomic E-state index is 0.0403. The fourth-order valence-corrected chi connectivity index (χ4v) is 7.51. The van der Waals surface area contributed by atoms with Gasteiger partial charge in [0.1, 0.15) is 0 Å². The molecule has 3 aromatic carbocycles. The van der Waals surface area contributed by atoms with Crippen LogP contribution in [0.15, 0.2) is 139 Å². The molecule has 0 aliphatic carbocycles. The van der Waals surface area contributed by atoms with Gasteiger partial charge in [-0.1, -0.05) is 206 Å². The lowest BCUT2D eigenvalue weighted by atomic mass is 9.71. The molecule has 0 amide bonds. The molecule has 0 aliphatic heterocycles. The predicted molar refractivity (Wildman–Crippen MR) is 226 cm³/mol. The largest absolute Gasteiger partial charge is 0.401 e.